The molecule has 0 unspecified atom stereocenters. The topological polar surface area (TPSA) is 49.4 Å². The van der Waals surface area contributed by atoms with Crippen LogP contribution in [-0.2, 0) is 16.1 Å². The van der Waals surface area contributed by atoms with Crippen LogP contribution >= 0.6 is 0 Å². The van der Waals surface area contributed by atoms with Crippen LogP contribution in [0.1, 0.15) is 32.3 Å². The third-order valence-corrected chi connectivity index (χ3v) is 3.93. The number of nitrogens with zero attached hydrogens (tertiary/aromatic N) is 1. The molecular formula is C16H22N2O2. The van der Waals surface area contributed by atoms with Gasteiger partial charge in [-0.15, -0.1) is 0 Å². The van der Waals surface area contributed by atoms with Crippen molar-refractivity contribution in [3.05, 3.63) is 35.9 Å². The normalized spacial score (nSPS) is 21.3. The standard InChI is InChI=1S/C16H22N2O2/c1-3-12(2)15-16(20)18(10-9-14(19)17-15)11-13-7-5-4-6-8-13/h4-8,12,15H,3,9-11H2,1-2H3,(H,17,19)/t12-,15-/m1/s1. The first kappa shape index (κ1) is 14.6. The molecule has 1 aromatic rings. The Labute approximate surface area is 120 Å². The Hall–Kier alpha value is -1.84. The fraction of sp³-hybridized carbons (Fsp3) is 0.500. The van der Waals surface area contributed by atoms with Crippen LogP contribution in [0.3, 0.4) is 0 Å². The summed E-state index contributed by atoms with van der Waals surface area (Å²) in [5.41, 5.74) is 1.10. The predicted molar refractivity (Wildman–Crippen MR) is 77.9 cm³/mol. The summed E-state index contributed by atoms with van der Waals surface area (Å²) in [5, 5.41) is 2.86. The second-order valence-electron chi connectivity index (χ2n) is 5.43. The molecular weight excluding hydrogens is 252 g/mol. The van der Waals surface area contributed by atoms with Crippen molar-refractivity contribution >= 4 is 11.8 Å². The fourth-order valence-electron chi connectivity index (χ4n) is 2.43. The molecule has 1 aromatic carbocycles. The highest BCUT2D eigenvalue weighted by Crippen LogP contribution is 2.16. The number of amides is 2. The average Bonchev–Trinajstić information content (AvgIpc) is 2.61. The summed E-state index contributed by atoms with van der Waals surface area (Å²) in [6.45, 7) is 5.11. The smallest absolute Gasteiger partial charge is 0.245 e. The molecule has 4 nitrogen and oxygen atoms in total. The van der Waals surface area contributed by atoms with Crippen molar-refractivity contribution in [2.75, 3.05) is 6.54 Å². The summed E-state index contributed by atoms with van der Waals surface area (Å²) in [6.07, 6.45) is 1.25. The molecule has 2 atom stereocenters. The second-order valence-corrected chi connectivity index (χ2v) is 5.43. The van der Waals surface area contributed by atoms with E-state index in [9.17, 15) is 9.59 Å². The number of hydrogen-bond donors (Lipinski definition) is 1. The summed E-state index contributed by atoms with van der Waals surface area (Å²) < 4.78 is 0. The van der Waals surface area contributed by atoms with Gasteiger partial charge in [0.1, 0.15) is 6.04 Å². The Morgan fingerprint density at radius 2 is 2.00 bits per heavy atom. The van der Waals surface area contributed by atoms with Crippen LogP contribution in [0.5, 0.6) is 0 Å². The van der Waals surface area contributed by atoms with Crippen molar-refractivity contribution in [2.45, 2.75) is 39.3 Å². The van der Waals surface area contributed by atoms with Crippen molar-refractivity contribution in [3.63, 3.8) is 0 Å². The summed E-state index contributed by atoms with van der Waals surface area (Å²) in [5.74, 6) is 0.163. The third kappa shape index (κ3) is 3.38. The van der Waals surface area contributed by atoms with Crippen LogP contribution in [0.4, 0.5) is 0 Å². The first-order chi connectivity index (χ1) is 9.61. The van der Waals surface area contributed by atoms with Gasteiger partial charge in [-0.2, -0.15) is 0 Å². The number of carbonyl (C=O) groups is 2. The molecule has 20 heavy (non-hydrogen) atoms. The Kier molecular flexibility index (Phi) is 4.77. The number of rotatable bonds is 4. The number of benzene rings is 1. The molecule has 4 heteroatoms. The minimum atomic E-state index is -0.390. The van der Waals surface area contributed by atoms with Crippen LogP contribution in [0.2, 0.25) is 0 Å². The number of carbonyl (C=O) groups excluding carboxylic acids is 2. The van der Waals surface area contributed by atoms with E-state index in [1.807, 2.05) is 44.2 Å². The summed E-state index contributed by atoms with van der Waals surface area (Å²) in [7, 11) is 0. The number of hydrogen-bond acceptors (Lipinski definition) is 2. The van der Waals surface area contributed by atoms with Gasteiger partial charge in [-0.05, 0) is 11.5 Å². The molecule has 1 fully saturated rings. The zero-order chi connectivity index (χ0) is 14.5. The first-order valence-electron chi connectivity index (χ1n) is 7.24. The molecule has 0 bridgehead atoms. The van der Waals surface area contributed by atoms with E-state index < -0.39 is 6.04 Å². The van der Waals surface area contributed by atoms with Gasteiger partial charge in [-0.3, -0.25) is 9.59 Å². The minimum absolute atomic E-state index is 0.0285. The monoisotopic (exact) mass is 274 g/mol. The molecule has 1 aliphatic heterocycles. The summed E-state index contributed by atoms with van der Waals surface area (Å²) in [4.78, 5) is 26.2. The lowest BCUT2D eigenvalue weighted by molar-refractivity contribution is -0.135. The fourth-order valence-corrected chi connectivity index (χ4v) is 2.43. The molecule has 0 radical (unpaired) electrons. The Morgan fingerprint density at radius 3 is 2.65 bits per heavy atom. The van der Waals surface area contributed by atoms with Crippen LogP contribution in [0, 0.1) is 5.92 Å². The van der Waals surface area contributed by atoms with E-state index in [2.05, 4.69) is 5.32 Å². The van der Waals surface area contributed by atoms with Gasteiger partial charge < -0.3 is 10.2 Å². The van der Waals surface area contributed by atoms with E-state index in [4.69, 9.17) is 0 Å². The van der Waals surface area contributed by atoms with Crippen molar-refractivity contribution in [1.82, 2.24) is 10.2 Å². The van der Waals surface area contributed by atoms with E-state index in [0.717, 1.165) is 12.0 Å². The largest absolute Gasteiger partial charge is 0.344 e. The van der Waals surface area contributed by atoms with Crippen molar-refractivity contribution < 1.29 is 9.59 Å². The molecule has 1 aliphatic rings. The van der Waals surface area contributed by atoms with Gasteiger partial charge >= 0.3 is 0 Å². The van der Waals surface area contributed by atoms with E-state index >= 15 is 0 Å². The minimum Gasteiger partial charge on any atom is -0.344 e. The van der Waals surface area contributed by atoms with Gasteiger partial charge in [0.2, 0.25) is 11.8 Å². The highest BCUT2D eigenvalue weighted by molar-refractivity contribution is 5.90. The Morgan fingerprint density at radius 1 is 1.30 bits per heavy atom. The van der Waals surface area contributed by atoms with Crippen LogP contribution in [0.15, 0.2) is 30.3 Å². The van der Waals surface area contributed by atoms with E-state index in [1.165, 1.54) is 0 Å². The third-order valence-electron chi connectivity index (χ3n) is 3.93. The quantitative estimate of drug-likeness (QED) is 0.912. The SMILES string of the molecule is CC[C@@H](C)[C@H]1NC(=O)CCN(Cc2ccccc2)C1=O. The molecule has 108 valence electrons. The lowest BCUT2D eigenvalue weighted by Crippen LogP contribution is -2.48. The lowest BCUT2D eigenvalue weighted by atomic mass is 9.98. The maximum Gasteiger partial charge on any atom is 0.245 e. The highest BCUT2D eigenvalue weighted by Gasteiger charge is 2.32. The molecule has 1 heterocycles. The van der Waals surface area contributed by atoms with Gasteiger partial charge in [-0.25, -0.2) is 0 Å². The maximum atomic E-state index is 12.6. The van der Waals surface area contributed by atoms with Gasteiger partial charge in [0.25, 0.3) is 0 Å². The zero-order valence-corrected chi connectivity index (χ0v) is 12.1. The predicted octanol–water partition coefficient (Wildman–Crippen LogP) is 1.95. The molecule has 0 spiro atoms. The molecule has 2 rings (SSSR count). The van der Waals surface area contributed by atoms with Gasteiger partial charge in [0.15, 0.2) is 0 Å². The second kappa shape index (κ2) is 6.55. The summed E-state index contributed by atoms with van der Waals surface area (Å²) in [6, 6.07) is 9.51. The van der Waals surface area contributed by atoms with Gasteiger partial charge in [-0.1, -0.05) is 50.6 Å². The van der Waals surface area contributed by atoms with Gasteiger partial charge in [0.05, 0.1) is 0 Å². The zero-order valence-electron chi connectivity index (χ0n) is 12.1. The maximum absolute atomic E-state index is 12.6. The lowest BCUT2D eigenvalue weighted by Gasteiger charge is -2.27. The molecule has 1 saturated heterocycles. The Balaban J connectivity index is 2.15. The molecule has 0 aliphatic carbocycles. The van der Waals surface area contributed by atoms with Gasteiger partial charge in [0, 0.05) is 19.5 Å². The Bertz CT molecular complexity index is 473. The molecule has 0 saturated carbocycles. The van der Waals surface area contributed by atoms with E-state index in [-0.39, 0.29) is 17.7 Å². The molecule has 1 N–H and O–H groups in total. The highest BCUT2D eigenvalue weighted by atomic mass is 16.2. The van der Waals surface area contributed by atoms with Crippen LogP contribution in [0.25, 0.3) is 0 Å². The molecule has 2 amide bonds. The van der Waals surface area contributed by atoms with E-state index in [0.29, 0.717) is 19.5 Å². The number of nitrogens with one attached hydrogen (secondary N) is 1. The van der Waals surface area contributed by atoms with Crippen molar-refractivity contribution in [2.24, 2.45) is 5.92 Å². The summed E-state index contributed by atoms with van der Waals surface area (Å²) >= 11 is 0. The van der Waals surface area contributed by atoms with Crippen molar-refractivity contribution in [3.8, 4) is 0 Å². The average molecular weight is 274 g/mol. The molecule has 0 aromatic heterocycles. The van der Waals surface area contributed by atoms with Crippen LogP contribution in [-0.4, -0.2) is 29.3 Å². The van der Waals surface area contributed by atoms with Crippen LogP contribution < -0.4 is 5.32 Å². The van der Waals surface area contributed by atoms with Crippen molar-refractivity contribution in [1.29, 1.82) is 0 Å². The first-order valence-corrected chi connectivity index (χ1v) is 7.24. The van der Waals surface area contributed by atoms with E-state index in [1.54, 1.807) is 4.90 Å².